The zero-order valence-corrected chi connectivity index (χ0v) is 12.5. The summed E-state index contributed by atoms with van der Waals surface area (Å²) in [7, 11) is 0. The molecule has 0 aromatic heterocycles. The van der Waals surface area contributed by atoms with E-state index in [0.717, 1.165) is 6.42 Å². The van der Waals surface area contributed by atoms with Crippen molar-refractivity contribution >= 4 is 12.1 Å². The minimum atomic E-state index is -0.735. The second-order valence-corrected chi connectivity index (χ2v) is 5.48. The highest BCUT2D eigenvalue weighted by molar-refractivity contribution is 5.81. The molecule has 0 fully saturated rings. The van der Waals surface area contributed by atoms with Gasteiger partial charge in [0.25, 0.3) is 0 Å². The van der Waals surface area contributed by atoms with Gasteiger partial charge < -0.3 is 14.8 Å². The van der Waals surface area contributed by atoms with Crippen molar-refractivity contribution in [3.05, 3.63) is 12.7 Å². The molecule has 0 aliphatic heterocycles. The molecule has 110 valence electrons. The maximum Gasteiger partial charge on any atom is 0.408 e. The molecular weight excluding hydrogens is 246 g/mol. The van der Waals surface area contributed by atoms with Gasteiger partial charge in [-0.3, -0.25) is 0 Å². The molecule has 19 heavy (non-hydrogen) atoms. The fourth-order valence-corrected chi connectivity index (χ4v) is 1.26. The molecule has 1 N–H and O–H groups in total. The lowest BCUT2D eigenvalue weighted by Crippen LogP contribution is -2.43. The van der Waals surface area contributed by atoms with E-state index in [1.54, 1.807) is 33.8 Å². The normalized spacial score (nSPS) is 14.2. The number of nitrogens with one attached hydrogen (secondary N) is 1. The molecule has 0 spiro atoms. The minimum Gasteiger partial charge on any atom is -0.461 e. The van der Waals surface area contributed by atoms with Gasteiger partial charge in [0.05, 0.1) is 6.10 Å². The van der Waals surface area contributed by atoms with Gasteiger partial charge in [0.2, 0.25) is 0 Å². The van der Waals surface area contributed by atoms with Crippen LogP contribution in [0.1, 0.15) is 47.5 Å². The van der Waals surface area contributed by atoms with Crippen molar-refractivity contribution < 1.29 is 19.1 Å². The molecule has 0 aromatic rings. The molecular formula is C14H25NO4. The maximum atomic E-state index is 11.7. The molecule has 0 aliphatic carbocycles. The third-order valence-corrected chi connectivity index (χ3v) is 2.18. The lowest BCUT2D eigenvalue weighted by molar-refractivity contribution is -0.150. The van der Waals surface area contributed by atoms with E-state index in [-0.39, 0.29) is 6.10 Å². The van der Waals surface area contributed by atoms with Crippen molar-refractivity contribution in [3.8, 4) is 0 Å². The summed E-state index contributed by atoms with van der Waals surface area (Å²) in [6, 6.07) is -0.735. The first kappa shape index (κ1) is 17.5. The van der Waals surface area contributed by atoms with E-state index in [4.69, 9.17) is 9.47 Å². The average Bonchev–Trinajstić information content (AvgIpc) is 2.23. The monoisotopic (exact) mass is 271 g/mol. The van der Waals surface area contributed by atoms with E-state index < -0.39 is 23.7 Å². The van der Waals surface area contributed by atoms with Crippen LogP contribution in [0.5, 0.6) is 0 Å². The predicted octanol–water partition coefficient (Wildman–Crippen LogP) is 2.80. The van der Waals surface area contributed by atoms with Gasteiger partial charge >= 0.3 is 12.1 Å². The highest BCUT2D eigenvalue weighted by atomic mass is 16.6. The molecule has 0 rings (SSSR count). The van der Waals surface area contributed by atoms with Crippen molar-refractivity contribution in [2.45, 2.75) is 65.2 Å². The molecule has 1 amide bonds. The molecule has 0 unspecified atom stereocenters. The molecule has 0 aromatic carbocycles. The zero-order chi connectivity index (χ0) is 15.1. The maximum absolute atomic E-state index is 11.7. The SMILES string of the molecule is C=CCC[C@H](C)OC(=O)[C@H](C)NC(=O)OC(C)(C)C. The molecule has 0 bridgehead atoms. The highest BCUT2D eigenvalue weighted by Gasteiger charge is 2.22. The van der Waals surface area contributed by atoms with Crippen LogP contribution in [-0.4, -0.2) is 29.8 Å². The van der Waals surface area contributed by atoms with Gasteiger partial charge in [-0.25, -0.2) is 9.59 Å². The van der Waals surface area contributed by atoms with Crippen LogP contribution in [0.3, 0.4) is 0 Å². The first-order chi connectivity index (χ1) is 8.65. The summed E-state index contributed by atoms with van der Waals surface area (Å²) in [5, 5.41) is 2.44. The van der Waals surface area contributed by atoms with Crippen molar-refractivity contribution in [2.75, 3.05) is 0 Å². The number of hydrogen-bond acceptors (Lipinski definition) is 4. The second-order valence-electron chi connectivity index (χ2n) is 5.48. The summed E-state index contributed by atoms with van der Waals surface area (Å²) in [5.74, 6) is -0.470. The Morgan fingerprint density at radius 3 is 2.37 bits per heavy atom. The van der Waals surface area contributed by atoms with Crippen molar-refractivity contribution in [3.63, 3.8) is 0 Å². The Hall–Kier alpha value is -1.52. The summed E-state index contributed by atoms with van der Waals surface area (Å²) < 4.78 is 10.2. The second kappa shape index (κ2) is 7.81. The number of ether oxygens (including phenoxy) is 2. The number of alkyl carbamates (subject to hydrolysis) is 1. The van der Waals surface area contributed by atoms with Gasteiger partial charge in [-0.2, -0.15) is 0 Å². The van der Waals surface area contributed by atoms with Gasteiger partial charge in [0, 0.05) is 0 Å². The Labute approximate surface area is 115 Å². The van der Waals surface area contributed by atoms with E-state index in [0.29, 0.717) is 6.42 Å². The number of hydrogen-bond donors (Lipinski definition) is 1. The fraction of sp³-hybridized carbons (Fsp3) is 0.714. The number of carbonyl (C=O) groups excluding carboxylic acids is 2. The Balaban J connectivity index is 4.12. The molecule has 0 heterocycles. The zero-order valence-electron chi connectivity index (χ0n) is 12.5. The summed E-state index contributed by atoms with van der Waals surface area (Å²) in [6.45, 7) is 12.2. The Morgan fingerprint density at radius 1 is 1.32 bits per heavy atom. The van der Waals surface area contributed by atoms with Gasteiger partial charge in [-0.05, 0) is 47.5 Å². The Kier molecular flexibility index (Phi) is 7.19. The summed E-state index contributed by atoms with van der Waals surface area (Å²) in [6.07, 6.45) is 2.44. The molecule has 0 radical (unpaired) electrons. The van der Waals surface area contributed by atoms with Gasteiger partial charge in [-0.15, -0.1) is 6.58 Å². The van der Waals surface area contributed by atoms with Gasteiger partial charge in [-0.1, -0.05) is 6.08 Å². The van der Waals surface area contributed by atoms with E-state index >= 15 is 0 Å². The highest BCUT2D eigenvalue weighted by Crippen LogP contribution is 2.07. The van der Waals surface area contributed by atoms with E-state index in [2.05, 4.69) is 11.9 Å². The Morgan fingerprint density at radius 2 is 1.89 bits per heavy atom. The molecule has 0 saturated carbocycles. The van der Waals surface area contributed by atoms with E-state index in [9.17, 15) is 9.59 Å². The van der Waals surface area contributed by atoms with Gasteiger partial charge in [0.1, 0.15) is 11.6 Å². The first-order valence-electron chi connectivity index (χ1n) is 6.46. The summed E-state index contributed by atoms with van der Waals surface area (Å²) >= 11 is 0. The fourth-order valence-electron chi connectivity index (χ4n) is 1.26. The topological polar surface area (TPSA) is 64.6 Å². The minimum absolute atomic E-state index is 0.201. The number of amides is 1. The van der Waals surface area contributed by atoms with Crippen molar-refractivity contribution in [1.29, 1.82) is 0 Å². The van der Waals surface area contributed by atoms with Gasteiger partial charge in [0.15, 0.2) is 0 Å². The smallest absolute Gasteiger partial charge is 0.408 e. The van der Waals surface area contributed by atoms with Crippen LogP contribution < -0.4 is 5.32 Å². The number of allylic oxidation sites excluding steroid dienone is 1. The van der Waals surface area contributed by atoms with Crippen LogP contribution in [0, 0.1) is 0 Å². The quantitative estimate of drug-likeness (QED) is 0.596. The largest absolute Gasteiger partial charge is 0.461 e. The van der Waals surface area contributed by atoms with Crippen LogP contribution in [-0.2, 0) is 14.3 Å². The molecule has 2 atom stereocenters. The lowest BCUT2D eigenvalue weighted by atomic mass is 10.2. The van der Waals surface area contributed by atoms with Crippen LogP contribution >= 0.6 is 0 Å². The lowest BCUT2D eigenvalue weighted by Gasteiger charge is -2.22. The first-order valence-corrected chi connectivity index (χ1v) is 6.46. The van der Waals surface area contributed by atoms with E-state index in [1.165, 1.54) is 0 Å². The number of esters is 1. The third kappa shape index (κ3) is 9.11. The average molecular weight is 271 g/mol. The Bertz CT molecular complexity index is 320. The van der Waals surface area contributed by atoms with Crippen LogP contribution in [0.2, 0.25) is 0 Å². The summed E-state index contributed by atoms with van der Waals surface area (Å²) in [4.78, 5) is 23.2. The molecule has 0 aliphatic rings. The van der Waals surface area contributed by atoms with Crippen LogP contribution in [0.25, 0.3) is 0 Å². The van der Waals surface area contributed by atoms with Crippen LogP contribution in [0.15, 0.2) is 12.7 Å². The standard InChI is InChI=1S/C14H25NO4/c1-7-8-9-10(2)18-12(16)11(3)15-13(17)19-14(4,5)6/h7,10-11H,1,8-9H2,2-6H3,(H,15,17)/t10-,11-/m0/s1. The third-order valence-electron chi connectivity index (χ3n) is 2.18. The molecule has 5 nitrogen and oxygen atoms in total. The molecule has 5 heteroatoms. The number of rotatable bonds is 6. The van der Waals surface area contributed by atoms with Crippen molar-refractivity contribution in [2.24, 2.45) is 0 Å². The van der Waals surface area contributed by atoms with E-state index in [1.807, 2.05) is 6.92 Å². The number of carbonyl (C=O) groups is 2. The predicted molar refractivity (Wildman–Crippen MR) is 73.8 cm³/mol. The molecule has 0 saturated heterocycles. The van der Waals surface area contributed by atoms with Crippen LogP contribution in [0.4, 0.5) is 4.79 Å². The van der Waals surface area contributed by atoms with Crippen molar-refractivity contribution in [1.82, 2.24) is 5.32 Å². The summed E-state index contributed by atoms with van der Waals surface area (Å²) in [5.41, 5.74) is -0.592.